The highest BCUT2D eigenvalue weighted by Crippen LogP contribution is 2.21. The molecule has 0 saturated carbocycles. The van der Waals surface area contributed by atoms with Gasteiger partial charge < -0.3 is 0 Å². The van der Waals surface area contributed by atoms with Crippen LogP contribution < -0.4 is 4.72 Å². The number of sulfonamides is 1. The number of H-pyrrole nitrogens is 1. The fourth-order valence-electron chi connectivity index (χ4n) is 2.46. The number of rotatable bonds is 6. The molecule has 6 nitrogen and oxygen atoms in total. The van der Waals surface area contributed by atoms with Gasteiger partial charge in [-0.1, -0.05) is 37.3 Å². The summed E-state index contributed by atoms with van der Waals surface area (Å²) in [6.07, 6.45) is 3.34. The highest BCUT2D eigenvalue weighted by molar-refractivity contribution is 7.92. The van der Waals surface area contributed by atoms with Gasteiger partial charge in [0.25, 0.3) is 0 Å². The maximum atomic E-state index is 12.4. The molecule has 1 aromatic carbocycles. The number of aromatic amines is 1. The van der Waals surface area contributed by atoms with E-state index < -0.39 is 10.0 Å². The molecule has 2 heterocycles. The van der Waals surface area contributed by atoms with Gasteiger partial charge in [-0.15, -0.1) is 0 Å². The van der Waals surface area contributed by atoms with Crippen LogP contribution in [0.4, 0.5) is 5.82 Å². The Morgan fingerprint density at radius 3 is 2.54 bits per heavy atom. The van der Waals surface area contributed by atoms with Crippen LogP contribution in [-0.4, -0.2) is 29.4 Å². The lowest BCUT2D eigenvalue weighted by atomic mass is 10.0. The lowest BCUT2D eigenvalue weighted by Crippen LogP contribution is -2.20. The minimum Gasteiger partial charge on any atom is -0.276 e. The van der Waals surface area contributed by atoms with Crippen molar-refractivity contribution < 1.29 is 8.42 Å². The lowest BCUT2D eigenvalue weighted by Gasteiger charge is -2.12. The first-order valence-corrected chi connectivity index (χ1v) is 9.20. The topological polar surface area (TPSA) is 87.7 Å². The maximum absolute atomic E-state index is 12.4. The van der Waals surface area contributed by atoms with Crippen molar-refractivity contribution in [1.82, 2.24) is 15.2 Å². The second-order valence-electron chi connectivity index (χ2n) is 5.60. The molecule has 24 heavy (non-hydrogen) atoms. The Morgan fingerprint density at radius 1 is 1.12 bits per heavy atom. The molecule has 1 atom stereocenters. The van der Waals surface area contributed by atoms with E-state index in [2.05, 4.69) is 19.9 Å². The average Bonchev–Trinajstić information content (AvgIpc) is 3.03. The van der Waals surface area contributed by atoms with E-state index in [1.807, 2.05) is 49.4 Å². The quantitative estimate of drug-likeness (QED) is 0.721. The first-order chi connectivity index (χ1) is 11.5. The Balaban J connectivity index is 1.70. The molecule has 0 amide bonds. The van der Waals surface area contributed by atoms with Crippen LogP contribution in [0, 0.1) is 0 Å². The zero-order chi connectivity index (χ0) is 17.0. The third-order valence-corrected chi connectivity index (χ3v) is 5.13. The molecule has 0 aliphatic rings. The van der Waals surface area contributed by atoms with Crippen LogP contribution in [0.3, 0.4) is 0 Å². The summed E-state index contributed by atoms with van der Waals surface area (Å²) < 4.78 is 27.2. The number of hydrogen-bond acceptors (Lipinski definition) is 4. The summed E-state index contributed by atoms with van der Waals surface area (Å²) in [6.45, 7) is 1.89. The van der Waals surface area contributed by atoms with Crippen LogP contribution in [0.5, 0.6) is 0 Å². The van der Waals surface area contributed by atoms with Gasteiger partial charge in [0.2, 0.25) is 10.0 Å². The van der Waals surface area contributed by atoms with Crippen molar-refractivity contribution in [2.45, 2.75) is 12.8 Å². The Kier molecular flexibility index (Phi) is 4.61. The molecule has 7 heteroatoms. The molecule has 0 fully saturated rings. The minimum atomic E-state index is -3.50. The first-order valence-electron chi connectivity index (χ1n) is 7.55. The number of benzene rings is 1. The van der Waals surface area contributed by atoms with E-state index in [0.717, 1.165) is 16.8 Å². The molecule has 0 spiro atoms. The summed E-state index contributed by atoms with van der Waals surface area (Å²) in [5.74, 6) is 0.165. The van der Waals surface area contributed by atoms with E-state index >= 15 is 0 Å². The maximum Gasteiger partial charge on any atom is 0.234 e. The lowest BCUT2D eigenvalue weighted by molar-refractivity contribution is 0.595. The summed E-state index contributed by atoms with van der Waals surface area (Å²) in [5.41, 5.74) is 2.61. The highest BCUT2D eigenvalue weighted by atomic mass is 32.2. The molecule has 2 N–H and O–H groups in total. The molecule has 0 aliphatic heterocycles. The molecular formula is C17H18N4O2S. The van der Waals surface area contributed by atoms with E-state index in [1.165, 1.54) is 0 Å². The summed E-state index contributed by atoms with van der Waals surface area (Å²) in [4.78, 5) is 3.95. The first kappa shape index (κ1) is 16.2. The third kappa shape index (κ3) is 3.99. The number of pyridine rings is 1. The number of anilines is 1. The molecule has 3 rings (SSSR count). The Hall–Kier alpha value is -2.67. The fourth-order valence-corrected chi connectivity index (χ4v) is 3.82. The number of hydrogen-bond donors (Lipinski definition) is 2. The van der Waals surface area contributed by atoms with Crippen molar-refractivity contribution in [1.29, 1.82) is 0 Å². The van der Waals surface area contributed by atoms with Crippen LogP contribution in [0.2, 0.25) is 0 Å². The van der Waals surface area contributed by atoms with Gasteiger partial charge in [-0.2, -0.15) is 5.10 Å². The van der Waals surface area contributed by atoms with Crippen molar-refractivity contribution in [3.8, 4) is 11.3 Å². The average molecular weight is 342 g/mol. The molecule has 124 valence electrons. The third-order valence-electron chi connectivity index (χ3n) is 3.67. The van der Waals surface area contributed by atoms with Gasteiger partial charge in [0.05, 0.1) is 11.4 Å². The smallest absolute Gasteiger partial charge is 0.234 e. The normalized spacial score (nSPS) is 12.7. The predicted octanol–water partition coefficient (Wildman–Crippen LogP) is 3.02. The van der Waals surface area contributed by atoms with Crippen LogP contribution in [-0.2, 0) is 10.0 Å². The number of nitrogens with one attached hydrogen (secondary N) is 2. The van der Waals surface area contributed by atoms with Gasteiger partial charge in [-0.3, -0.25) is 14.8 Å². The van der Waals surface area contributed by atoms with Crippen LogP contribution in [0.1, 0.15) is 18.4 Å². The summed E-state index contributed by atoms with van der Waals surface area (Å²) in [7, 11) is -3.50. The Morgan fingerprint density at radius 2 is 1.83 bits per heavy atom. The SMILES string of the molecule is C[C@@H](CS(=O)(=O)Nc1cc(-c2ccncc2)[nH]n1)c1ccccc1. The fraction of sp³-hybridized carbons (Fsp3) is 0.176. The molecule has 2 aromatic heterocycles. The van der Waals surface area contributed by atoms with Crippen molar-refractivity contribution >= 4 is 15.8 Å². The zero-order valence-corrected chi connectivity index (χ0v) is 14.0. The van der Waals surface area contributed by atoms with E-state index in [9.17, 15) is 8.42 Å². The molecule has 3 aromatic rings. The van der Waals surface area contributed by atoms with Gasteiger partial charge in [-0.05, 0) is 23.6 Å². The van der Waals surface area contributed by atoms with Gasteiger partial charge >= 0.3 is 0 Å². The van der Waals surface area contributed by atoms with Gasteiger partial charge in [0.1, 0.15) is 0 Å². The molecule has 0 radical (unpaired) electrons. The van der Waals surface area contributed by atoms with Crippen LogP contribution >= 0.6 is 0 Å². The molecule has 0 saturated heterocycles. The molecule has 0 unspecified atom stereocenters. The predicted molar refractivity (Wildman–Crippen MR) is 94.1 cm³/mol. The van der Waals surface area contributed by atoms with E-state index in [4.69, 9.17) is 0 Å². The second kappa shape index (κ2) is 6.84. The summed E-state index contributed by atoms with van der Waals surface area (Å²) >= 11 is 0. The minimum absolute atomic E-state index is 0.00549. The van der Waals surface area contributed by atoms with Gasteiger partial charge in [0, 0.05) is 24.0 Å². The van der Waals surface area contributed by atoms with Crippen LogP contribution in [0.15, 0.2) is 60.9 Å². The Bertz CT molecular complexity index is 893. The van der Waals surface area contributed by atoms with Gasteiger partial charge in [-0.25, -0.2) is 8.42 Å². The largest absolute Gasteiger partial charge is 0.276 e. The number of nitrogens with zero attached hydrogens (tertiary/aromatic N) is 2. The zero-order valence-electron chi connectivity index (χ0n) is 13.2. The van der Waals surface area contributed by atoms with E-state index in [0.29, 0.717) is 0 Å². The molecule has 0 aliphatic carbocycles. The van der Waals surface area contributed by atoms with Crippen molar-refractivity contribution in [3.63, 3.8) is 0 Å². The highest BCUT2D eigenvalue weighted by Gasteiger charge is 2.18. The monoisotopic (exact) mass is 342 g/mol. The summed E-state index contributed by atoms with van der Waals surface area (Å²) in [6, 6.07) is 14.9. The second-order valence-corrected chi connectivity index (χ2v) is 7.36. The molecule has 0 bridgehead atoms. The molecular weight excluding hydrogens is 324 g/mol. The Labute approximate surface area is 141 Å². The summed E-state index contributed by atoms with van der Waals surface area (Å²) in [5, 5.41) is 6.85. The van der Waals surface area contributed by atoms with Crippen molar-refractivity contribution in [2.75, 3.05) is 10.5 Å². The number of aromatic nitrogens is 3. The van der Waals surface area contributed by atoms with Gasteiger partial charge in [0.15, 0.2) is 5.82 Å². The van der Waals surface area contributed by atoms with Crippen LogP contribution in [0.25, 0.3) is 11.3 Å². The van der Waals surface area contributed by atoms with Crippen molar-refractivity contribution in [2.24, 2.45) is 0 Å². The van der Waals surface area contributed by atoms with Crippen molar-refractivity contribution in [3.05, 3.63) is 66.5 Å². The van der Waals surface area contributed by atoms with E-state index in [-0.39, 0.29) is 17.5 Å². The van der Waals surface area contributed by atoms with E-state index in [1.54, 1.807) is 18.5 Å². The standard InChI is InChI=1S/C17H18N4O2S/c1-13(14-5-3-2-4-6-14)12-24(22,23)21-17-11-16(19-20-17)15-7-9-18-10-8-15/h2-11,13H,12H2,1H3,(H2,19,20,21)/t13-/m0/s1.